The number of carbonyl (C=O) groups is 2. The van der Waals surface area contributed by atoms with Gasteiger partial charge in [0.15, 0.2) is 0 Å². The zero-order valence-corrected chi connectivity index (χ0v) is 13.1. The number of hydrogen-bond acceptors (Lipinski definition) is 3. The molecule has 0 bridgehead atoms. The smallest absolute Gasteiger partial charge is 0.335 e. The Morgan fingerprint density at radius 2 is 1.91 bits per heavy atom. The van der Waals surface area contributed by atoms with Crippen LogP contribution in [0.5, 0.6) is 5.75 Å². The van der Waals surface area contributed by atoms with Crippen LogP contribution >= 0.6 is 0 Å². The quantitative estimate of drug-likeness (QED) is 0.858. The molecule has 0 aromatic heterocycles. The van der Waals surface area contributed by atoms with Crippen molar-refractivity contribution in [3.05, 3.63) is 59.2 Å². The van der Waals surface area contributed by atoms with Crippen LogP contribution in [0.3, 0.4) is 0 Å². The van der Waals surface area contributed by atoms with Gasteiger partial charge in [-0.3, -0.25) is 4.79 Å². The molecule has 23 heavy (non-hydrogen) atoms. The predicted octanol–water partition coefficient (Wildman–Crippen LogP) is 3.27. The fraction of sp³-hybridized carbons (Fsp3) is 0.222. The number of carboxylic acid groups (broad SMARTS) is 1. The Kier molecular flexibility index (Phi) is 5.36. The minimum absolute atomic E-state index is 0.123. The Balaban J connectivity index is 1.98. The summed E-state index contributed by atoms with van der Waals surface area (Å²) in [7, 11) is 1.60. The molecule has 0 radical (unpaired) electrons. The summed E-state index contributed by atoms with van der Waals surface area (Å²) in [5.74, 6) is -0.341. The Bertz CT molecular complexity index is 725. The Morgan fingerprint density at radius 3 is 2.57 bits per heavy atom. The number of rotatable bonds is 6. The number of hydrogen-bond donors (Lipinski definition) is 2. The fourth-order valence-corrected chi connectivity index (χ4v) is 2.31. The minimum Gasteiger partial charge on any atom is -0.496 e. The first-order chi connectivity index (χ1) is 11.0. The SMILES string of the molecule is COc1ccccc1CCC(=O)Nc1ccc(C(=O)O)cc1C. The number of carbonyl (C=O) groups excluding carboxylic acids is 1. The maximum atomic E-state index is 12.1. The molecule has 0 fully saturated rings. The molecular weight excluding hydrogens is 294 g/mol. The van der Waals surface area contributed by atoms with E-state index in [0.717, 1.165) is 16.9 Å². The molecule has 0 spiro atoms. The fourth-order valence-electron chi connectivity index (χ4n) is 2.31. The van der Waals surface area contributed by atoms with Gasteiger partial charge in [-0.2, -0.15) is 0 Å². The van der Waals surface area contributed by atoms with E-state index in [2.05, 4.69) is 5.32 Å². The van der Waals surface area contributed by atoms with Crippen molar-refractivity contribution >= 4 is 17.6 Å². The third kappa shape index (κ3) is 4.32. The summed E-state index contributed by atoms with van der Waals surface area (Å²) in [5.41, 5.74) is 2.52. The van der Waals surface area contributed by atoms with Crippen molar-refractivity contribution in [2.75, 3.05) is 12.4 Å². The van der Waals surface area contributed by atoms with Crippen LogP contribution in [-0.4, -0.2) is 24.1 Å². The Hall–Kier alpha value is -2.82. The lowest BCUT2D eigenvalue weighted by molar-refractivity contribution is -0.116. The van der Waals surface area contributed by atoms with Gasteiger partial charge in [0.05, 0.1) is 12.7 Å². The second-order valence-corrected chi connectivity index (χ2v) is 5.19. The molecule has 0 aliphatic heterocycles. The van der Waals surface area contributed by atoms with E-state index in [1.165, 1.54) is 12.1 Å². The molecule has 0 unspecified atom stereocenters. The van der Waals surface area contributed by atoms with Crippen LogP contribution in [0.4, 0.5) is 5.69 Å². The van der Waals surface area contributed by atoms with Gasteiger partial charge in [-0.15, -0.1) is 0 Å². The largest absolute Gasteiger partial charge is 0.496 e. The Labute approximate surface area is 134 Å². The molecule has 0 saturated heterocycles. The van der Waals surface area contributed by atoms with Crippen molar-refractivity contribution in [2.24, 2.45) is 0 Å². The molecule has 5 nitrogen and oxygen atoms in total. The average Bonchev–Trinajstić information content (AvgIpc) is 2.54. The molecule has 2 aromatic rings. The standard InChI is InChI=1S/C18H19NO4/c1-12-11-14(18(21)22)7-9-15(12)19-17(20)10-8-13-5-3-4-6-16(13)23-2/h3-7,9,11H,8,10H2,1-2H3,(H,19,20)(H,21,22). The monoisotopic (exact) mass is 313 g/mol. The molecule has 0 aliphatic carbocycles. The van der Waals surface area contributed by atoms with Crippen LogP contribution in [-0.2, 0) is 11.2 Å². The number of anilines is 1. The molecule has 2 aromatic carbocycles. The summed E-state index contributed by atoms with van der Waals surface area (Å²) in [6, 6.07) is 12.2. The number of aromatic carboxylic acids is 1. The van der Waals surface area contributed by atoms with Crippen molar-refractivity contribution in [1.82, 2.24) is 0 Å². The summed E-state index contributed by atoms with van der Waals surface area (Å²) in [5, 5.41) is 11.8. The highest BCUT2D eigenvalue weighted by Crippen LogP contribution is 2.20. The van der Waals surface area contributed by atoms with Gasteiger partial charge in [0, 0.05) is 12.1 Å². The average molecular weight is 313 g/mol. The lowest BCUT2D eigenvalue weighted by Crippen LogP contribution is -2.13. The maximum Gasteiger partial charge on any atom is 0.335 e. The number of aryl methyl sites for hydroxylation is 2. The summed E-state index contributed by atoms with van der Waals surface area (Å²) in [4.78, 5) is 23.0. The van der Waals surface area contributed by atoms with Crippen LogP contribution in [0, 0.1) is 6.92 Å². The van der Waals surface area contributed by atoms with Crippen LogP contribution in [0.2, 0.25) is 0 Å². The van der Waals surface area contributed by atoms with Gasteiger partial charge in [-0.1, -0.05) is 18.2 Å². The molecule has 0 aliphatic rings. The molecule has 0 heterocycles. The highest BCUT2D eigenvalue weighted by Gasteiger charge is 2.10. The van der Waals surface area contributed by atoms with Crippen molar-refractivity contribution in [3.63, 3.8) is 0 Å². The van der Waals surface area contributed by atoms with E-state index in [1.807, 2.05) is 24.3 Å². The third-order valence-electron chi connectivity index (χ3n) is 3.56. The van der Waals surface area contributed by atoms with Gasteiger partial charge >= 0.3 is 5.97 Å². The van der Waals surface area contributed by atoms with E-state index >= 15 is 0 Å². The van der Waals surface area contributed by atoms with Crippen molar-refractivity contribution in [3.8, 4) is 5.75 Å². The lowest BCUT2D eigenvalue weighted by atomic mass is 10.1. The summed E-state index contributed by atoms with van der Waals surface area (Å²) >= 11 is 0. The van der Waals surface area contributed by atoms with Gasteiger partial charge in [0.1, 0.15) is 5.75 Å². The minimum atomic E-state index is -0.984. The van der Waals surface area contributed by atoms with E-state index in [0.29, 0.717) is 18.5 Å². The predicted molar refractivity (Wildman–Crippen MR) is 88.1 cm³/mol. The number of methoxy groups -OCH3 is 1. The first-order valence-corrected chi connectivity index (χ1v) is 7.27. The highest BCUT2D eigenvalue weighted by atomic mass is 16.5. The van der Waals surface area contributed by atoms with Gasteiger partial charge in [-0.25, -0.2) is 4.79 Å². The van der Waals surface area contributed by atoms with Crippen molar-refractivity contribution in [2.45, 2.75) is 19.8 Å². The van der Waals surface area contributed by atoms with Crippen molar-refractivity contribution in [1.29, 1.82) is 0 Å². The zero-order valence-electron chi connectivity index (χ0n) is 13.1. The molecule has 0 saturated carbocycles. The molecule has 120 valence electrons. The molecule has 5 heteroatoms. The van der Waals surface area contributed by atoms with Crippen LogP contribution < -0.4 is 10.1 Å². The van der Waals surface area contributed by atoms with E-state index in [1.54, 1.807) is 20.1 Å². The highest BCUT2D eigenvalue weighted by molar-refractivity contribution is 5.93. The van der Waals surface area contributed by atoms with Crippen molar-refractivity contribution < 1.29 is 19.4 Å². The Morgan fingerprint density at radius 1 is 1.17 bits per heavy atom. The topological polar surface area (TPSA) is 75.6 Å². The second kappa shape index (κ2) is 7.45. The van der Waals surface area contributed by atoms with Gasteiger partial charge in [0.2, 0.25) is 5.91 Å². The number of ether oxygens (including phenoxy) is 1. The van der Waals surface area contributed by atoms with Crippen LogP contribution in [0.1, 0.15) is 27.9 Å². The number of para-hydroxylation sites is 1. The van der Waals surface area contributed by atoms with E-state index < -0.39 is 5.97 Å². The zero-order chi connectivity index (χ0) is 16.8. The molecule has 1 amide bonds. The molecule has 0 atom stereocenters. The van der Waals surface area contributed by atoms with E-state index in [9.17, 15) is 9.59 Å². The normalized spacial score (nSPS) is 10.2. The van der Waals surface area contributed by atoms with Crippen LogP contribution in [0.25, 0.3) is 0 Å². The molecule has 2 rings (SSSR count). The number of amides is 1. The maximum absolute atomic E-state index is 12.1. The summed E-state index contributed by atoms with van der Waals surface area (Å²) < 4.78 is 5.26. The molecular formula is C18H19NO4. The summed E-state index contributed by atoms with van der Waals surface area (Å²) in [6.07, 6.45) is 0.891. The number of carboxylic acids is 1. The third-order valence-corrected chi connectivity index (χ3v) is 3.56. The number of benzene rings is 2. The number of nitrogens with one attached hydrogen (secondary N) is 1. The second-order valence-electron chi connectivity index (χ2n) is 5.19. The van der Waals surface area contributed by atoms with Gasteiger partial charge < -0.3 is 15.2 Å². The van der Waals surface area contributed by atoms with Crippen LogP contribution in [0.15, 0.2) is 42.5 Å². The molecule has 2 N–H and O–H groups in total. The summed E-state index contributed by atoms with van der Waals surface area (Å²) in [6.45, 7) is 1.77. The first-order valence-electron chi connectivity index (χ1n) is 7.27. The van der Waals surface area contributed by atoms with E-state index in [4.69, 9.17) is 9.84 Å². The van der Waals surface area contributed by atoms with Gasteiger partial charge in [-0.05, 0) is 48.7 Å². The lowest BCUT2D eigenvalue weighted by Gasteiger charge is -2.10. The van der Waals surface area contributed by atoms with Gasteiger partial charge in [0.25, 0.3) is 0 Å². The first kappa shape index (κ1) is 16.5. The van der Waals surface area contributed by atoms with E-state index in [-0.39, 0.29) is 11.5 Å².